The van der Waals surface area contributed by atoms with Crippen molar-refractivity contribution < 1.29 is 9.47 Å². The summed E-state index contributed by atoms with van der Waals surface area (Å²) >= 11 is 6.39. The zero-order valence-electron chi connectivity index (χ0n) is 19.1. The van der Waals surface area contributed by atoms with Crippen molar-refractivity contribution in [2.24, 2.45) is 5.92 Å². The van der Waals surface area contributed by atoms with E-state index in [0.29, 0.717) is 17.9 Å². The molecule has 174 valence electrons. The summed E-state index contributed by atoms with van der Waals surface area (Å²) in [7, 11) is 0. The van der Waals surface area contributed by atoms with E-state index in [1.54, 1.807) is 0 Å². The third-order valence-electron chi connectivity index (χ3n) is 7.44. The number of para-hydroxylation sites is 2. The van der Waals surface area contributed by atoms with E-state index in [1.807, 2.05) is 6.07 Å². The van der Waals surface area contributed by atoms with Crippen molar-refractivity contribution >= 4 is 22.6 Å². The van der Waals surface area contributed by atoms with Crippen molar-refractivity contribution in [2.75, 3.05) is 32.9 Å². The van der Waals surface area contributed by atoms with E-state index in [0.717, 1.165) is 75.0 Å². The van der Waals surface area contributed by atoms with Crippen molar-refractivity contribution in [1.29, 1.82) is 0 Å². The molecular weight excluding hydrogens is 434 g/mol. The van der Waals surface area contributed by atoms with E-state index in [-0.39, 0.29) is 0 Å². The standard InChI is InChI=1S/C27H32ClN3O2/c28-21-5-8-26(33-18-19-11-14-32-17-19)23(15-21)20-9-12-30(13-10-20)16-27-29-24-3-1-2-4-25(24)31(27)22-6-7-22/h1-5,8,15,19-20,22H,6-7,9-14,16-18H2. The van der Waals surface area contributed by atoms with Gasteiger partial charge < -0.3 is 14.0 Å². The first-order valence-electron chi connectivity index (χ1n) is 12.4. The maximum Gasteiger partial charge on any atom is 0.124 e. The zero-order valence-corrected chi connectivity index (χ0v) is 19.8. The molecule has 6 rings (SSSR count). The second-order valence-electron chi connectivity index (χ2n) is 9.89. The van der Waals surface area contributed by atoms with Gasteiger partial charge in [0.05, 0.1) is 30.8 Å². The molecule has 1 aromatic heterocycles. The molecule has 3 aromatic rings. The van der Waals surface area contributed by atoms with Gasteiger partial charge in [-0.25, -0.2) is 4.98 Å². The predicted molar refractivity (Wildman–Crippen MR) is 131 cm³/mol. The van der Waals surface area contributed by atoms with Crippen LogP contribution in [0, 0.1) is 5.92 Å². The molecule has 0 spiro atoms. The van der Waals surface area contributed by atoms with Crippen molar-refractivity contribution in [3.8, 4) is 5.75 Å². The van der Waals surface area contributed by atoms with E-state index in [2.05, 4.69) is 45.9 Å². The monoisotopic (exact) mass is 465 g/mol. The first-order chi connectivity index (χ1) is 16.2. The minimum atomic E-state index is 0.483. The fourth-order valence-electron chi connectivity index (χ4n) is 5.44. The highest BCUT2D eigenvalue weighted by Gasteiger charge is 2.30. The van der Waals surface area contributed by atoms with Gasteiger partial charge in [0, 0.05) is 23.6 Å². The minimum Gasteiger partial charge on any atom is -0.493 e. The van der Waals surface area contributed by atoms with Gasteiger partial charge in [0.2, 0.25) is 0 Å². The number of nitrogens with zero attached hydrogens (tertiary/aromatic N) is 3. The van der Waals surface area contributed by atoms with Gasteiger partial charge in [-0.2, -0.15) is 0 Å². The van der Waals surface area contributed by atoms with Gasteiger partial charge in [-0.1, -0.05) is 23.7 Å². The van der Waals surface area contributed by atoms with Crippen LogP contribution in [0.2, 0.25) is 5.02 Å². The molecule has 3 aliphatic rings. The molecular formula is C27H32ClN3O2. The number of fused-ring (bicyclic) bond motifs is 1. The Morgan fingerprint density at radius 3 is 2.67 bits per heavy atom. The average Bonchev–Trinajstić information content (AvgIpc) is 3.40. The van der Waals surface area contributed by atoms with E-state index in [4.69, 9.17) is 26.1 Å². The smallest absolute Gasteiger partial charge is 0.124 e. The number of hydrogen-bond acceptors (Lipinski definition) is 4. The number of piperidine rings is 1. The largest absolute Gasteiger partial charge is 0.493 e. The number of aromatic nitrogens is 2. The predicted octanol–water partition coefficient (Wildman–Crippen LogP) is 5.82. The Hall–Kier alpha value is -2.08. The maximum atomic E-state index is 6.39. The van der Waals surface area contributed by atoms with Crippen molar-refractivity contribution in [3.63, 3.8) is 0 Å². The Morgan fingerprint density at radius 1 is 1.03 bits per heavy atom. The number of benzene rings is 2. The Morgan fingerprint density at radius 2 is 1.88 bits per heavy atom. The molecule has 3 fully saturated rings. The summed E-state index contributed by atoms with van der Waals surface area (Å²) in [6, 6.07) is 15.3. The first kappa shape index (κ1) is 21.5. The number of likely N-dealkylation sites (tertiary alicyclic amines) is 1. The lowest BCUT2D eigenvalue weighted by Gasteiger charge is -2.33. The van der Waals surface area contributed by atoms with Gasteiger partial charge in [0.15, 0.2) is 0 Å². The molecule has 2 aliphatic heterocycles. The van der Waals surface area contributed by atoms with E-state index < -0.39 is 0 Å². The number of ether oxygens (including phenoxy) is 2. The topological polar surface area (TPSA) is 39.5 Å². The molecule has 5 nitrogen and oxygen atoms in total. The van der Waals surface area contributed by atoms with Crippen molar-refractivity contribution in [2.45, 2.75) is 50.6 Å². The molecule has 0 N–H and O–H groups in total. The maximum absolute atomic E-state index is 6.39. The van der Waals surface area contributed by atoms with Crippen LogP contribution in [0.25, 0.3) is 11.0 Å². The Bertz CT molecular complexity index is 1110. The molecule has 1 aliphatic carbocycles. The van der Waals surface area contributed by atoms with E-state index >= 15 is 0 Å². The number of hydrogen-bond donors (Lipinski definition) is 0. The van der Waals surface area contributed by atoms with Gasteiger partial charge in [0.1, 0.15) is 11.6 Å². The molecule has 2 aromatic carbocycles. The van der Waals surface area contributed by atoms with Crippen molar-refractivity contribution in [3.05, 3.63) is 58.9 Å². The van der Waals surface area contributed by atoms with Crippen LogP contribution in [0.15, 0.2) is 42.5 Å². The molecule has 0 radical (unpaired) electrons. The van der Waals surface area contributed by atoms with Crippen LogP contribution in [0.4, 0.5) is 0 Å². The molecule has 1 saturated carbocycles. The quantitative estimate of drug-likeness (QED) is 0.440. The summed E-state index contributed by atoms with van der Waals surface area (Å²) < 4.78 is 14.3. The Kier molecular flexibility index (Phi) is 6.03. The summed E-state index contributed by atoms with van der Waals surface area (Å²) in [6.07, 6.45) is 5.88. The van der Waals surface area contributed by atoms with Crippen LogP contribution < -0.4 is 4.74 Å². The van der Waals surface area contributed by atoms with Gasteiger partial charge in [-0.3, -0.25) is 4.90 Å². The second-order valence-corrected chi connectivity index (χ2v) is 10.3. The van der Waals surface area contributed by atoms with E-state index in [1.165, 1.54) is 29.7 Å². The van der Waals surface area contributed by atoms with Crippen LogP contribution >= 0.6 is 11.6 Å². The van der Waals surface area contributed by atoms with Crippen molar-refractivity contribution in [1.82, 2.24) is 14.5 Å². The normalized spacial score (nSPS) is 22.3. The summed E-state index contributed by atoms with van der Waals surface area (Å²) in [5, 5.41) is 0.794. The average molecular weight is 466 g/mol. The zero-order chi connectivity index (χ0) is 22.2. The van der Waals surface area contributed by atoms with Crippen LogP contribution in [-0.2, 0) is 11.3 Å². The van der Waals surface area contributed by atoms with Crippen LogP contribution in [-0.4, -0.2) is 47.4 Å². The Labute approximate surface area is 200 Å². The van der Waals surface area contributed by atoms with E-state index in [9.17, 15) is 0 Å². The highest BCUT2D eigenvalue weighted by Crippen LogP contribution is 2.40. The van der Waals surface area contributed by atoms with Crippen LogP contribution in [0.1, 0.15) is 55.5 Å². The lowest BCUT2D eigenvalue weighted by atomic mass is 9.88. The number of halogens is 1. The summed E-state index contributed by atoms with van der Waals surface area (Å²) in [5.41, 5.74) is 3.69. The first-order valence-corrected chi connectivity index (χ1v) is 12.8. The fraction of sp³-hybridized carbons (Fsp3) is 0.519. The molecule has 1 atom stereocenters. The van der Waals surface area contributed by atoms with Crippen LogP contribution in [0.3, 0.4) is 0 Å². The molecule has 2 saturated heterocycles. The fourth-order valence-corrected chi connectivity index (χ4v) is 5.62. The molecule has 3 heterocycles. The van der Waals surface area contributed by atoms with Gasteiger partial charge in [-0.15, -0.1) is 0 Å². The lowest BCUT2D eigenvalue weighted by molar-refractivity contribution is 0.165. The number of imidazole rings is 1. The third-order valence-corrected chi connectivity index (χ3v) is 7.68. The second kappa shape index (κ2) is 9.28. The molecule has 6 heteroatoms. The molecule has 0 amide bonds. The summed E-state index contributed by atoms with van der Waals surface area (Å²) in [4.78, 5) is 7.57. The summed E-state index contributed by atoms with van der Waals surface area (Å²) in [6.45, 7) is 5.46. The van der Waals surface area contributed by atoms with Gasteiger partial charge in [0.25, 0.3) is 0 Å². The highest BCUT2D eigenvalue weighted by molar-refractivity contribution is 6.30. The molecule has 0 bridgehead atoms. The van der Waals surface area contributed by atoms with Gasteiger partial charge in [-0.05, 0) is 87.0 Å². The molecule has 1 unspecified atom stereocenters. The SMILES string of the molecule is Clc1ccc(OCC2CCOC2)c(C2CCN(Cc3nc4ccccc4n3C3CC3)CC2)c1. The number of rotatable bonds is 7. The highest BCUT2D eigenvalue weighted by atomic mass is 35.5. The summed E-state index contributed by atoms with van der Waals surface area (Å²) in [5.74, 6) is 3.21. The minimum absolute atomic E-state index is 0.483. The Balaban J connectivity index is 1.13. The lowest BCUT2D eigenvalue weighted by Crippen LogP contribution is -2.33. The van der Waals surface area contributed by atoms with Crippen LogP contribution in [0.5, 0.6) is 5.75 Å². The van der Waals surface area contributed by atoms with Gasteiger partial charge >= 0.3 is 0 Å². The third kappa shape index (κ3) is 4.64. The molecule has 33 heavy (non-hydrogen) atoms.